The number of nitrogens with zero attached hydrogens (tertiary/aromatic N) is 2. The van der Waals surface area contributed by atoms with Gasteiger partial charge in [0.05, 0.1) is 29.4 Å². The highest BCUT2D eigenvalue weighted by molar-refractivity contribution is 7.14. The van der Waals surface area contributed by atoms with E-state index in [0.717, 1.165) is 17.0 Å². The smallest absolute Gasteiger partial charge is 0.244 e. The Balaban J connectivity index is 1.62. The van der Waals surface area contributed by atoms with E-state index < -0.39 is 0 Å². The van der Waals surface area contributed by atoms with E-state index >= 15 is 0 Å². The first-order valence-electron chi connectivity index (χ1n) is 8.96. The number of nitrogens with one attached hydrogen (secondary N) is 1. The van der Waals surface area contributed by atoms with E-state index in [1.165, 1.54) is 11.3 Å². The van der Waals surface area contributed by atoms with Gasteiger partial charge in [-0.05, 0) is 36.1 Å². The van der Waals surface area contributed by atoms with Crippen molar-refractivity contribution in [3.63, 3.8) is 0 Å². The number of thiazole rings is 1. The number of benzene rings is 1. The number of halogens is 2. The predicted molar refractivity (Wildman–Crippen MR) is 121 cm³/mol. The van der Waals surface area contributed by atoms with E-state index in [0.29, 0.717) is 28.0 Å². The minimum absolute atomic E-state index is 0.0485. The molecule has 3 rings (SSSR count). The number of carbonyl (C=O) groups excluding carboxylic acids is 2. The van der Waals surface area contributed by atoms with Gasteiger partial charge in [-0.25, -0.2) is 4.98 Å². The third-order valence-corrected chi connectivity index (χ3v) is 6.21. The standard InChI is InChI=1S/C20H19Cl2N3O2S2/c1-2-6-25(10-18(26)24-17-4-3-14(21)8-16(17)22)19(27)9-15-12-29-20(23-15)13-5-7-28-11-13/h3-5,7-8,11-12H,2,6,9-10H2,1H3,(H,24,26). The number of amides is 2. The fourth-order valence-electron chi connectivity index (χ4n) is 2.69. The molecular formula is C20H19Cl2N3O2S2. The zero-order valence-electron chi connectivity index (χ0n) is 15.7. The Morgan fingerprint density at radius 1 is 1.21 bits per heavy atom. The van der Waals surface area contributed by atoms with E-state index in [9.17, 15) is 9.59 Å². The van der Waals surface area contributed by atoms with Crippen LogP contribution >= 0.6 is 45.9 Å². The summed E-state index contributed by atoms with van der Waals surface area (Å²) in [6.07, 6.45) is 0.910. The number of thiophene rings is 1. The Labute approximate surface area is 187 Å². The molecule has 3 aromatic rings. The number of hydrogen-bond donors (Lipinski definition) is 1. The van der Waals surface area contributed by atoms with Crippen LogP contribution in [-0.4, -0.2) is 34.8 Å². The molecule has 0 aliphatic heterocycles. The number of hydrogen-bond acceptors (Lipinski definition) is 5. The van der Waals surface area contributed by atoms with Crippen LogP contribution in [0.15, 0.2) is 40.4 Å². The number of rotatable bonds is 8. The number of carbonyl (C=O) groups is 2. The molecule has 2 aromatic heterocycles. The summed E-state index contributed by atoms with van der Waals surface area (Å²) >= 11 is 15.1. The van der Waals surface area contributed by atoms with E-state index in [2.05, 4.69) is 10.3 Å². The van der Waals surface area contributed by atoms with Gasteiger partial charge in [0.25, 0.3) is 0 Å². The molecule has 0 aliphatic carbocycles. The largest absolute Gasteiger partial charge is 0.333 e. The lowest BCUT2D eigenvalue weighted by molar-refractivity contribution is -0.134. The maximum absolute atomic E-state index is 12.8. The molecule has 1 aromatic carbocycles. The van der Waals surface area contributed by atoms with E-state index in [-0.39, 0.29) is 24.8 Å². The Hall–Kier alpha value is -1.93. The molecule has 2 heterocycles. The van der Waals surface area contributed by atoms with Crippen molar-refractivity contribution in [2.45, 2.75) is 19.8 Å². The van der Waals surface area contributed by atoms with Crippen molar-refractivity contribution in [1.29, 1.82) is 0 Å². The van der Waals surface area contributed by atoms with E-state index in [1.807, 2.05) is 29.1 Å². The van der Waals surface area contributed by atoms with Crippen molar-refractivity contribution in [2.75, 3.05) is 18.4 Å². The quantitative estimate of drug-likeness (QED) is 0.468. The zero-order chi connectivity index (χ0) is 20.8. The summed E-state index contributed by atoms with van der Waals surface area (Å²) in [7, 11) is 0. The van der Waals surface area contributed by atoms with Crippen LogP contribution in [0.25, 0.3) is 10.6 Å². The molecule has 29 heavy (non-hydrogen) atoms. The van der Waals surface area contributed by atoms with Gasteiger partial charge in [-0.1, -0.05) is 30.1 Å². The Kier molecular flexibility index (Phi) is 7.66. The highest BCUT2D eigenvalue weighted by Gasteiger charge is 2.19. The van der Waals surface area contributed by atoms with Crippen LogP contribution in [0, 0.1) is 0 Å². The summed E-state index contributed by atoms with van der Waals surface area (Å²) in [5.74, 6) is -0.445. The summed E-state index contributed by atoms with van der Waals surface area (Å²) in [6.45, 7) is 2.40. The first-order valence-corrected chi connectivity index (χ1v) is 11.5. The second kappa shape index (κ2) is 10.2. The van der Waals surface area contributed by atoms with Gasteiger partial charge in [-0.2, -0.15) is 11.3 Å². The normalized spacial score (nSPS) is 10.7. The molecule has 0 atom stereocenters. The monoisotopic (exact) mass is 467 g/mol. The molecule has 5 nitrogen and oxygen atoms in total. The summed E-state index contributed by atoms with van der Waals surface area (Å²) in [4.78, 5) is 31.3. The fourth-order valence-corrected chi connectivity index (χ4v) is 4.68. The van der Waals surface area contributed by atoms with Gasteiger partial charge in [-0.15, -0.1) is 11.3 Å². The Bertz CT molecular complexity index is 990. The summed E-state index contributed by atoms with van der Waals surface area (Å²) in [5.41, 5.74) is 2.23. The van der Waals surface area contributed by atoms with Crippen molar-refractivity contribution < 1.29 is 9.59 Å². The van der Waals surface area contributed by atoms with Crippen LogP contribution in [0.4, 0.5) is 5.69 Å². The highest BCUT2D eigenvalue weighted by Crippen LogP contribution is 2.26. The molecule has 152 valence electrons. The lowest BCUT2D eigenvalue weighted by Gasteiger charge is -2.21. The molecule has 1 N–H and O–H groups in total. The first kappa shape index (κ1) is 21.8. The van der Waals surface area contributed by atoms with Crippen LogP contribution in [0.3, 0.4) is 0 Å². The summed E-state index contributed by atoms with van der Waals surface area (Å²) in [6, 6.07) is 6.84. The maximum atomic E-state index is 12.8. The highest BCUT2D eigenvalue weighted by atomic mass is 35.5. The second-order valence-electron chi connectivity index (χ2n) is 6.32. The second-order valence-corrected chi connectivity index (χ2v) is 8.80. The first-order chi connectivity index (χ1) is 14.0. The van der Waals surface area contributed by atoms with Crippen LogP contribution in [0.2, 0.25) is 10.0 Å². The van der Waals surface area contributed by atoms with Crippen molar-refractivity contribution in [3.8, 4) is 10.6 Å². The minimum Gasteiger partial charge on any atom is -0.333 e. The van der Waals surface area contributed by atoms with Gasteiger partial charge >= 0.3 is 0 Å². The Morgan fingerprint density at radius 2 is 2.03 bits per heavy atom. The average Bonchev–Trinajstić information content (AvgIpc) is 3.35. The fraction of sp³-hybridized carbons (Fsp3) is 0.250. The maximum Gasteiger partial charge on any atom is 0.244 e. The van der Waals surface area contributed by atoms with Crippen molar-refractivity contribution in [3.05, 3.63) is 56.1 Å². The van der Waals surface area contributed by atoms with E-state index in [4.69, 9.17) is 23.2 Å². The molecule has 0 bridgehead atoms. The molecule has 0 saturated carbocycles. The molecule has 0 fully saturated rings. The molecule has 0 saturated heterocycles. The molecule has 0 radical (unpaired) electrons. The summed E-state index contributed by atoms with van der Waals surface area (Å²) < 4.78 is 0. The third kappa shape index (κ3) is 6.02. The van der Waals surface area contributed by atoms with Crippen molar-refractivity contribution >= 4 is 63.4 Å². The SMILES string of the molecule is CCCN(CC(=O)Nc1ccc(Cl)cc1Cl)C(=O)Cc1csc(-c2ccsc2)n1. The van der Waals surface area contributed by atoms with Crippen LogP contribution in [0.1, 0.15) is 19.0 Å². The lowest BCUT2D eigenvalue weighted by atomic mass is 10.2. The topological polar surface area (TPSA) is 62.3 Å². The molecular weight excluding hydrogens is 449 g/mol. The molecule has 0 unspecified atom stereocenters. The van der Waals surface area contributed by atoms with Gasteiger partial charge in [0.1, 0.15) is 5.01 Å². The molecule has 0 aliphatic rings. The van der Waals surface area contributed by atoms with Gasteiger partial charge < -0.3 is 10.2 Å². The number of anilines is 1. The summed E-state index contributed by atoms with van der Waals surface area (Å²) in [5, 5.41) is 10.4. The molecule has 9 heteroatoms. The van der Waals surface area contributed by atoms with Crippen LogP contribution in [-0.2, 0) is 16.0 Å². The predicted octanol–water partition coefficient (Wildman–Crippen LogP) is 5.60. The van der Waals surface area contributed by atoms with Crippen molar-refractivity contribution in [1.82, 2.24) is 9.88 Å². The van der Waals surface area contributed by atoms with E-state index in [1.54, 1.807) is 34.4 Å². The van der Waals surface area contributed by atoms with Crippen molar-refractivity contribution in [2.24, 2.45) is 0 Å². The number of aromatic nitrogens is 1. The van der Waals surface area contributed by atoms with Gasteiger partial charge in [0.15, 0.2) is 0 Å². The van der Waals surface area contributed by atoms with Gasteiger partial charge in [-0.3, -0.25) is 9.59 Å². The lowest BCUT2D eigenvalue weighted by Crippen LogP contribution is -2.39. The van der Waals surface area contributed by atoms with Gasteiger partial charge in [0.2, 0.25) is 11.8 Å². The zero-order valence-corrected chi connectivity index (χ0v) is 18.8. The molecule has 2 amide bonds. The third-order valence-electron chi connectivity index (χ3n) is 4.04. The van der Waals surface area contributed by atoms with Crippen LogP contribution < -0.4 is 5.32 Å². The van der Waals surface area contributed by atoms with Crippen LogP contribution in [0.5, 0.6) is 0 Å². The van der Waals surface area contributed by atoms with Gasteiger partial charge in [0, 0.05) is 27.9 Å². The average molecular weight is 468 g/mol. The molecule has 0 spiro atoms. The Morgan fingerprint density at radius 3 is 2.72 bits per heavy atom. The minimum atomic E-state index is -0.312.